The quantitative estimate of drug-likeness (QED) is 0.604. The molecule has 2 aromatic rings. The molecule has 0 spiro atoms. The SMILES string of the molecule is O=C(Oc1cc(-[n+]2ccccc2)on1)C(F)(F)F. The Bertz CT molecular complexity index is 551. The van der Waals surface area contributed by atoms with Crippen LogP contribution >= 0.6 is 0 Å². The van der Waals surface area contributed by atoms with Gasteiger partial charge in [-0.05, 0) is 5.16 Å². The Kier molecular flexibility index (Phi) is 3.00. The van der Waals surface area contributed by atoms with Gasteiger partial charge in [-0.2, -0.15) is 13.2 Å². The van der Waals surface area contributed by atoms with Gasteiger partial charge in [0.1, 0.15) is 6.07 Å². The summed E-state index contributed by atoms with van der Waals surface area (Å²) >= 11 is 0. The van der Waals surface area contributed by atoms with Crippen molar-refractivity contribution < 1.29 is 31.8 Å². The first kappa shape index (κ1) is 12.1. The van der Waals surface area contributed by atoms with Crippen LogP contribution in [-0.2, 0) is 4.79 Å². The number of hydrogen-bond acceptors (Lipinski definition) is 4. The first-order valence-corrected chi connectivity index (χ1v) is 4.69. The molecule has 2 aromatic heterocycles. The summed E-state index contributed by atoms with van der Waals surface area (Å²) in [5, 5.41) is 3.21. The molecule has 0 saturated carbocycles. The number of halogens is 3. The lowest BCUT2D eigenvalue weighted by Gasteiger charge is -2.02. The maximum atomic E-state index is 11.9. The van der Waals surface area contributed by atoms with Crippen molar-refractivity contribution in [2.75, 3.05) is 0 Å². The van der Waals surface area contributed by atoms with Crippen LogP contribution < -0.4 is 9.30 Å². The highest BCUT2D eigenvalue weighted by molar-refractivity contribution is 5.77. The third kappa shape index (κ3) is 2.65. The number of pyridine rings is 1. The predicted molar refractivity (Wildman–Crippen MR) is 49.7 cm³/mol. The minimum absolute atomic E-state index is 0.126. The van der Waals surface area contributed by atoms with E-state index in [2.05, 4.69) is 9.89 Å². The Balaban J connectivity index is 2.15. The number of esters is 1. The van der Waals surface area contributed by atoms with Gasteiger partial charge < -0.3 is 4.74 Å². The number of rotatable bonds is 2. The standard InChI is InChI=1S/C10H6F3N2O3/c11-10(12,13)9(16)17-7-6-8(18-14-7)15-4-2-1-3-5-15/h1-6H/q+1. The van der Waals surface area contributed by atoms with Crippen LogP contribution in [0.3, 0.4) is 0 Å². The first-order valence-electron chi connectivity index (χ1n) is 4.69. The van der Waals surface area contributed by atoms with Crippen LogP contribution in [0, 0.1) is 0 Å². The van der Waals surface area contributed by atoms with E-state index in [0.717, 1.165) is 6.07 Å². The highest BCUT2D eigenvalue weighted by atomic mass is 19.4. The van der Waals surface area contributed by atoms with Crippen LogP contribution in [0.15, 0.2) is 41.2 Å². The average molecular weight is 259 g/mol. The van der Waals surface area contributed by atoms with Gasteiger partial charge in [0.15, 0.2) is 12.4 Å². The van der Waals surface area contributed by atoms with E-state index in [0.29, 0.717) is 0 Å². The Morgan fingerprint density at radius 3 is 2.56 bits per heavy atom. The van der Waals surface area contributed by atoms with Gasteiger partial charge in [0.2, 0.25) is 0 Å². The second kappa shape index (κ2) is 4.47. The zero-order chi connectivity index (χ0) is 13.2. The van der Waals surface area contributed by atoms with Gasteiger partial charge in [-0.1, -0.05) is 6.07 Å². The highest BCUT2D eigenvalue weighted by Crippen LogP contribution is 2.19. The number of carbonyl (C=O) groups excluding carboxylic acids is 1. The molecule has 18 heavy (non-hydrogen) atoms. The fraction of sp³-hybridized carbons (Fsp3) is 0.100. The van der Waals surface area contributed by atoms with Crippen molar-refractivity contribution in [3.63, 3.8) is 0 Å². The molecule has 0 bridgehead atoms. The molecule has 0 aliphatic carbocycles. The molecule has 2 heterocycles. The third-order valence-electron chi connectivity index (χ3n) is 1.87. The fourth-order valence-electron chi connectivity index (χ4n) is 1.12. The van der Waals surface area contributed by atoms with Gasteiger partial charge in [-0.15, -0.1) is 4.57 Å². The van der Waals surface area contributed by atoms with E-state index in [1.807, 2.05) is 0 Å². The smallest absolute Gasteiger partial charge is 0.397 e. The summed E-state index contributed by atoms with van der Waals surface area (Å²) in [6.07, 6.45) is -1.88. The van der Waals surface area contributed by atoms with Crippen molar-refractivity contribution in [1.82, 2.24) is 5.16 Å². The minimum Gasteiger partial charge on any atom is -0.397 e. The Hall–Kier alpha value is -2.38. The largest absolute Gasteiger partial charge is 0.491 e. The lowest BCUT2D eigenvalue weighted by molar-refractivity contribution is -0.610. The molecule has 0 fully saturated rings. The summed E-state index contributed by atoms with van der Waals surface area (Å²) < 4.78 is 46.0. The van der Waals surface area contributed by atoms with Gasteiger partial charge >= 0.3 is 18.0 Å². The van der Waals surface area contributed by atoms with Gasteiger partial charge in [-0.3, -0.25) is 4.52 Å². The monoisotopic (exact) mass is 259 g/mol. The van der Waals surface area contributed by atoms with E-state index in [-0.39, 0.29) is 5.88 Å². The molecule has 0 radical (unpaired) electrons. The van der Waals surface area contributed by atoms with E-state index >= 15 is 0 Å². The normalized spacial score (nSPS) is 11.3. The summed E-state index contributed by atoms with van der Waals surface area (Å²) in [5.74, 6) is -2.77. The summed E-state index contributed by atoms with van der Waals surface area (Å²) in [6, 6.07) is 6.19. The van der Waals surface area contributed by atoms with E-state index in [4.69, 9.17) is 4.52 Å². The highest BCUT2D eigenvalue weighted by Gasteiger charge is 2.42. The summed E-state index contributed by atoms with van der Waals surface area (Å²) in [5.41, 5.74) is 0. The molecule has 0 aliphatic rings. The molecule has 0 unspecified atom stereocenters. The minimum atomic E-state index is -5.07. The molecule has 0 atom stereocenters. The summed E-state index contributed by atoms with van der Waals surface area (Å²) in [4.78, 5) is 10.5. The molecule has 8 heteroatoms. The number of alkyl halides is 3. The van der Waals surface area contributed by atoms with Crippen LogP contribution in [0.4, 0.5) is 13.2 Å². The van der Waals surface area contributed by atoms with Crippen molar-refractivity contribution in [3.8, 4) is 11.8 Å². The average Bonchev–Trinajstić information content (AvgIpc) is 2.77. The zero-order valence-corrected chi connectivity index (χ0v) is 8.72. The predicted octanol–water partition coefficient (Wildman–Crippen LogP) is 1.42. The Labute approximate surface area is 98.4 Å². The topological polar surface area (TPSA) is 56.2 Å². The van der Waals surface area contributed by atoms with Crippen molar-refractivity contribution in [3.05, 3.63) is 36.7 Å². The lowest BCUT2D eigenvalue weighted by Crippen LogP contribution is -2.28. The van der Waals surface area contributed by atoms with E-state index in [1.165, 1.54) is 4.57 Å². The molecular weight excluding hydrogens is 253 g/mol. The molecule has 0 amide bonds. The first-order chi connectivity index (χ1) is 8.47. The Morgan fingerprint density at radius 2 is 1.94 bits per heavy atom. The van der Waals surface area contributed by atoms with E-state index in [1.54, 1.807) is 30.6 Å². The summed E-state index contributed by atoms with van der Waals surface area (Å²) in [6.45, 7) is 0. The van der Waals surface area contributed by atoms with Crippen LogP contribution in [-0.4, -0.2) is 17.3 Å². The van der Waals surface area contributed by atoms with Gasteiger partial charge in [0.25, 0.3) is 5.88 Å². The van der Waals surface area contributed by atoms with Gasteiger partial charge in [0, 0.05) is 12.1 Å². The number of ether oxygens (including phenoxy) is 1. The van der Waals surface area contributed by atoms with Crippen LogP contribution in [0.25, 0.3) is 5.88 Å². The molecule has 5 nitrogen and oxygen atoms in total. The second-order valence-electron chi connectivity index (χ2n) is 3.17. The molecular formula is C10H6F3N2O3+. The van der Waals surface area contributed by atoms with E-state index in [9.17, 15) is 18.0 Å². The molecule has 0 N–H and O–H groups in total. The van der Waals surface area contributed by atoms with Crippen molar-refractivity contribution in [1.29, 1.82) is 0 Å². The number of carbonyl (C=O) groups is 1. The number of nitrogens with zero attached hydrogens (tertiary/aromatic N) is 2. The third-order valence-corrected chi connectivity index (χ3v) is 1.87. The van der Waals surface area contributed by atoms with Crippen LogP contribution in [0.5, 0.6) is 5.88 Å². The molecule has 2 rings (SSSR count). The Morgan fingerprint density at radius 1 is 1.28 bits per heavy atom. The lowest BCUT2D eigenvalue weighted by atomic mass is 10.5. The van der Waals surface area contributed by atoms with Crippen molar-refractivity contribution in [2.45, 2.75) is 6.18 Å². The van der Waals surface area contributed by atoms with E-state index < -0.39 is 18.0 Å². The molecule has 0 saturated heterocycles. The number of hydrogen-bond donors (Lipinski definition) is 0. The molecule has 0 aliphatic heterocycles. The molecule has 94 valence electrons. The second-order valence-corrected chi connectivity index (χ2v) is 3.17. The van der Waals surface area contributed by atoms with Crippen molar-refractivity contribution >= 4 is 5.97 Å². The fourth-order valence-corrected chi connectivity index (χ4v) is 1.12. The van der Waals surface area contributed by atoms with Gasteiger partial charge in [0.05, 0.1) is 0 Å². The van der Waals surface area contributed by atoms with Crippen LogP contribution in [0.2, 0.25) is 0 Å². The maximum absolute atomic E-state index is 11.9. The summed E-state index contributed by atoms with van der Waals surface area (Å²) in [7, 11) is 0. The van der Waals surface area contributed by atoms with Gasteiger partial charge in [-0.25, -0.2) is 4.79 Å². The van der Waals surface area contributed by atoms with Crippen molar-refractivity contribution in [2.24, 2.45) is 0 Å². The number of aromatic nitrogens is 2. The van der Waals surface area contributed by atoms with Crippen LogP contribution in [0.1, 0.15) is 0 Å². The zero-order valence-electron chi connectivity index (χ0n) is 8.72. The maximum Gasteiger partial charge on any atom is 0.491 e. The molecule has 0 aromatic carbocycles.